The molecule has 1 aliphatic carbocycles. The van der Waals surface area contributed by atoms with Crippen molar-refractivity contribution in [3.8, 4) is 11.3 Å². The molecule has 2 amide bonds. The van der Waals surface area contributed by atoms with Crippen molar-refractivity contribution in [1.82, 2.24) is 19.6 Å². The largest absolute Gasteiger partial charge is 0.349 e. The maximum atomic E-state index is 12.5. The Morgan fingerprint density at radius 1 is 0.971 bits per heavy atom. The van der Waals surface area contributed by atoms with Crippen molar-refractivity contribution >= 4 is 23.1 Å². The molecule has 0 radical (unpaired) electrons. The van der Waals surface area contributed by atoms with E-state index in [1.165, 1.54) is 38.8 Å². The fourth-order valence-electron chi connectivity index (χ4n) is 4.87. The normalized spacial score (nSPS) is 16.7. The number of anilines is 1. The second-order valence-electron chi connectivity index (χ2n) is 9.90. The number of unbranched alkanes of at least 4 members (excludes halogenated alkanes) is 1. The molecule has 3 heterocycles. The van der Waals surface area contributed by atoms with Gasteiger partial charge in [-0.2, -0.15) is 0 Å². The van der Waals surface area contributed by atoms with Gasteiger partial charge in [0, 0.05) is 36.1 Å². The van der Waals surface area contributed by atoms with E-state index in [2.05, 4.69) is 15.5 Å². The zero-order chi connectivity index (χ0) is 24.0. The highest BCUT2D eigenvalue weighted by Crippen LogP contribution is 2.24. The molecule has 2 fully saturated rings. The van der Waals surface area contributed by atoms with E-state index in [0.29, 0.717) is 18.0 Å². The molecular weight excluding hydrogens is 438 g/mol. The van der Waals surface area contributed by atoms with Gasteiger partial charge in [0.05, 0.1) is 11.3 Å². The number of nitrogens with zero attached hydrogens (tertiary/aromatic N) is 3. The van der Waals surface area contributed by atoms with Gasteiger partial charge in [-0.05, 0) is 88.8 Å². The second kappa shape index (κ2) is 11.0. The van der Waals surface area contributed by atoms with Crippen LogP contribution in [0.5, 0.6) is 0 Å². The molecule has 7 nitrogen and oxygen atoms in total. The number of benzene rings is 1. The number of hydrogen-bond acceptors (Lipinski definition) is 4. The first-order valence-corrected chi connectivity index (χ1v) is 13.1. The third-order valence-electron chi connectivity index (χ3n) is 7.17. The molecule has 0 spiro atoms. The molecule has 1 aromatic carbocycles. The van der Waals surface area contributed by atoms with Crippen LogP contribution in [0.1, 0.15) is 68.1 Å². The molecule has 0 unspecified atom stereocenters. The summed E-state index contributed by atoms with van der Waals surface area (Å²) >= 11 is 0. The number of carbonyl (C=O) groups excluding carboxylic acids is 2. The van der Waals surface area contributed by atoms with Gasteiger partial charge in [-0.15, -0.1) is 0 Å². The quantitative estimate of drug-likeness (QED) is 0.434. The van der Waals surface area contributed by atoms with E-state index in [-0.39, 0.29) is 11.8 Å². The first kappa shape index (κ1) is 23.5. The lowest BCUT2D eigenvalue weighted by Crippen LogP contribution is -2.39. The zero-order valence-corrected chi connectivity index (χ0v) is 20.3. The zero-order valence-electron chi connectivity index (χ0n) is 20.3. The van der Waals surface area contributed by atoms with Gasteiger partial charge in [0.1, 0.15) is 5.65 Å². The maximum Gasteiger partial charge on any atom is 0.252 e. The monoisotopic (exact) mass is 473 g/mol. The van der Waals surface area contributed by atoms with Crippen LogP contribution in [0.2, 0.25) is 0 Å². The Hall–Kier alpha value is -3.19. The molecule has 0 atom stereocenters. The van der Waals surface area contributed by atoms with Crippen LogP contribution in [-0.2, 0) is 4.79 Å². The van der Waals surface area contributed by atoms with Gasteiger partial charge in [-0.1, -0.05) is 18.6 Å². The minimum Gasteiger partial charge on any atom is -0.349 e. The van der Waals surface area contributed by atoms with E-state index >= 15 is 0 Å². The minimum absolute atomic E-state index is 0.0347. The van der Waals surface area contributed by atoms with Crippen LogP contribution >= 0.6 is 0 Å². The van der Waals surface area contributed by atoms with Gasteiger partial charge in [0.2, 0.25) is 5.91 Å². The van der Waals surface area contributed by atoms with Crippen molar-refractivity contribution in [3.05, 3.63) is 54.4 Å². The van der Waals surface area contributed by atoms with Gasteiger partial charge in [0.25, 0.3) is 5.91 Å². The van der Waals surface area contributed by atoms with Crippen molar-refractivity contribution in [1.29, 1.82) is 0 Å². The fraction of sp³-hybridized carbons (Fsp3) is 0.464. The summed E-state index contributed by atoms with van der Waals surface area (Å²) in [6.07, 6.45) is 13.5. The Kier molecular flexibility index (Phi) is 7.42. The maximum absolute atomic E-state index is 12.5. The molecule has 2 aromatic heterocycles. The number of carbonyl (C=O) groups is 2. The SMILES string of the molecule is O=C(CCCCN1CCCCC1)Nc1cccc(-c2cn3cc(C(=O)NC4CCC4)ccc3n2)c1. The van der Waals surface area contributed by atoms with Gasteiger partial charge in [0.15, 0.2) is 0 Å². The molecule has 184 valence electrons. The summed E-state index contributed by atoms with van der Waals surface area (Å²) < 4.78 is 1.89. The number of piperidine rings is 1. The average molecular weight is 474 g/mol. The Morgan fingerprint density at radius 2 is 1.83 bits per heavy atom. The van der Waals surface area contributed by atoms with E-state index in [1.54, 1.807) is 0 Å². The molecule has 0 bridgehead atoms. The molecule has 3 aromatic rings. The van der Waals surface area contributed by atoms with E-state index in [0.717, 1.165) is 54.8 Å². The van der Waals surface area contributed by atoms with Crippen molar-refractivity contribution in [3.63, 3.8) is 0 Å². The van der Waals surface area contributed by atoms with E-state index in [4.69, 9.17) is 4.98 Å². The molecule has 1 saturated heterocycles. The highest BCUT2D eigenvalue weighted by Gasteiger charge is 2.20. The Morgan fingerprint density at radius 3 is 2.63 bits per heavy atom. The highest BCUT2D eigenvalue weighted by molar-refractivity contribution is 5.94. The predicted molar refractivity (Wildman–Crippen MR) is 139 cm³/mol. The van der Waals surface area contributed by atoms with Crippen molar-refractivity contribution in [2.75, 3.05) is 25.0 Å². The summed E-state index contributed by atoms with van der Waals surface area (Å²) in [4.78, 5) is 32.2. The average Bonchev–Trinajstić information content (AvgIpc) is 3.28. The first-order valence-electron chi connectivity index (χ1n) is 13.1. The summed E-state index contributed by atoms with van der Waals surface area (Å²) in [6.45, 7) is 3.51. The lowest BCUT2D eigenvalue weighted by molar-refractivity contribution is -0.116. The first-order chi connectivity index (χ1) is 17.1. The Balaban J connectivity index is 1.17. The van der Waals surface area contributed by atoms with Crippen LogP contribution in [0, 0.1) is 0 Å². The van der Waals surface area contributed by atoms with Crippen LogP contribution in [0.25, 0.3) is 16.9 Å². The van der Waals surface area contributed by atoms with Crippen LogP contribution in [-0.4, -0.2) is 51.8 Å². The number of pyridine rings is 1. The third-order valence-corrected chi connectivity index (χ3v) is 7.17. The summed E-state index contributed by atoms with van der Waals surface area (Å²) in [6, 6.07) is 11.8. The van der Waals surface area contributed by atoms with E-state index in [9.17, 15) is 9.59 Å². The number of amides is 2. The molecule has 1 aliphatic heterocycles. The van der Waals surface area contributed by atoms with Crippen LogP contribution in [0.4, 0.5) is 5.69 Å². The van der Waals surface area contributed by atoms with Crippen molar-refractivity contribution < 1.29 is 9.59 Å². The lowest BCUT2D eigenvalue weighted by atomic mass is 9.93. The van der Waals surface area contributed by atoms with Gasteiger partial charge in [-0.3, -0.25) is 9.59 Å². The number of aromatic nitrogens is 2. The minimum atomic E-state index is -0.0347. The summed E-state index contributed by atoms with van der Waals surface area (Å²) in [5, 5.41) is 6.12. The van der Waals surface area contributed by atoms with Crippen LogP contribution in [0.3, 0.4) is 0 Å². The molecule has 7 heteroatoms. The summed E-state index contributed by atoms with van der Waals surface area (Å²) in [5.74, 6) is 0.0189. The van der Waals surface area contributed by atoms with Crippen molar-refractivity contribution in [2.45, 2.75) is 63.8 Å². The summed E-state index contributed by atoms with van der Waals surface area (Å²) in [7, 11) is 0. The number of likely N-dealkylation sites (tertiary alicyclic amines) is 1. The lowest BCUT2D eigenvalue weighted by Gasteiger charge is -2.26. The smallest absolute Gasteiger partial charge is 0.252 e. The molecule has 5 rings (SSSR count). The van der Waals surface area contributed by atoms with Gasteiger partial charge >= 0.3 is 0 Å². The number of fused-ring (bicyclic) bond motifs is 1. The molecule has 35 heavy (non-hydrogen) atoms. The Labute approximate surface area is 206 Å². The molecular formula is C28H35N5O2. The highest BCUT2D eigenvalue weighted by atomic mass is 16.2. The van der Waals surface area contributed by atoms with Crippen molar-refractivity contribution in [2.24, 2.45) is 0 Å². The van der Waals surface area contributed by atoms with E-state index < -0.39 is 0 Å². The Bertz CT molecular complexity index is 1180. The van der Waals surface area contributed by atoms with Crippen LogP contribution in [0.15, 0.2) is 48.8 Å². The number of nitrogens with one attached hydrogen (secondary N) is 2. The molecule has 2 aliphatic rings. The summed E-state index contributed by atoms with van der Waals surface area (Å²) in [5.41, 5.74) is 3.93. The molecule has 1 saturated carbocycles. The van der Waals surface area contributed by atoms with Crippen LogP contribution < -0.4 is 10.6 Å². The fourth-order valence-corrected chi connectivity index (χ4v) is 4.87. The van der Waals surface area contributed by atoms with Gasteiger partial charge < -0.3 is 19.9 Å². The number of rotatable bonds is 9. The number of hydrogen-bond donors (Lipinski definition) is 2. The van der Waals surface area contributed by atoms with Gasteiger partial charge in [-0.25, -0.2) is 4.98 Å². The van der Waals surface area contributed by atoms with E-state index in [1.807, 2.05) is 53.2 Å². The topological polar surface area (TPSA) is 78.7 Å². The third kappa shape index (κ3) is 6.09. The second-order valence-corrected chi connectivity index (χ2v) is 9.90. The predicted octanol–water partition coefficient (Wildman–Crippen LogP) is 4.88. The molecule has 2 N–H and O–H groups in total. The standard InChI is InChI=1S/C28H35N5O2/c34-27(12-2-5-17-32-15-3-1-4-16-32)29-24-11-6-8-21(18-24)25-20-33-19-22(13-14-26(33)31-25)28(35)30-23-9-7-10-23/h6,8,11,13-14,18-20,23H,1-5,7,9-10,12,15-17H2,(H,29,34)(H,30,35). The number of imidazole rings is 1.